The first-order valence-electron chi connectivity index (χ1n) is 8.82. The lowest BCUT2D eigenvalue weighted by Crippen LogP contribution is -2.30. The molecule has 0 aliphatic heterocycles. The summed E-state index contributed by atoms with van der Waals surface area (Å²) in [5.74, 6) is -3.14. The maximum atomic E-state index is 14.7. The highest BCUT2D eigenvalue weighted by Crippen LogP contribution is 2.41. The van der Waals surface area contributed by atoms with E-state index in [4.69, 9.17) is 23.2 Å². The van der Waals surface area contributed by atoms with Gasteiger partial charge in [-0.2, -0.15) is 21.6 Å². The van der Waals surface area contributed by atoms with Crippen molar-refractivity contribution in [3.05, 3.63) is 87.5 Å². The smallest absolute Gasteiger partial charge is 0.260 e. The molecule has 0 fully saturated rings. The number of alkyl halides is 3. The van der Waals surface area contributed by atoms with Gasteiger partial charge < -0.3 is 0 Å². The standard InChI is InChI=1S/C19H11Cl2F5N2O4S2/c20-10-1-4-12(5-2-10)33(29,30)18(14-7-11(22)3-6-16(14)23)13-8-17(27-9-15(13)21)28-34(31,32)19(24,25)26/h1-9,18H,(H,27,28). The lowest BCUT2D eigenvalue weighted by molar-refractivity contribution is -0.0429. The topological polar surface area (TPSA) is 93.2 Å². The van der Waals surface area contributed by atoms with E-state index in [0.717, 1.165) is 22.9 Å². The van der Waals surface area contributed by atoms with Crippen molar-refractivity contribution < 1.29 is 38.8 Å². The molecule has 2 aromatic carbocycles. The van der Waals surface area contributed by atoms with Gasteiger partial charge >= 0.3 is 15.5 Å². The Morgan fingerprint density at radius 1 is 0.882 bits per heavy atom. The maximum absolute atomic E-state index is 14.7. The van der Waals surface area contributed by atoms with E-state index in [9.17, 15) is 38.8 Å². The van der Waals surface area contributed by atoms with E-state index >= 15 is 0 Å². The van der Waals surface area contributed by atoms with Gasteiger partial charge in [0.25, 0.3) is 0 Å². The molecule has 0 radical (unpaired) electrons. The summed E-state index contributed by atoms with van der Waals surface area (Å²) in [4.78, 5) is 3.01. The molecule has 1 heterocycles. The Hall–Kier alpha value is -2.48. The van der Waals surface area contributed by atoms with Crippen LogP contribution in [-0.4, -0.2) is 27.3 Å². The number of nitrogens with one attached hydrogen (secondary N) is 1. The maximum Gasteiger partial charge on any atom is 0.516 e. The van der Waals surface area contributed by atoms with Gasteiger partial charge in [0.2, 0.25) is 0 Å². The molecule has 0 spiro atoms. The van der Waals surface area contributed by atoms with Crippen LogP contribution in [0.15, 0.2) is 59.6 Å². The predicted molar refractivity (Wildman–Crippen MR) is 115 cm³/mol. The number of aromatic nitrogens is 1. The number of sulfone groups is 1. The molecule has 0 amide bonds. The molecule has 1 atom stereocenters. The largest absolute Gasteiger partial charge is 0.516 e. The third-order valence-electron chi connectivity index (χ3n) is 4.40. The summed E-state index contributed by atoms with van der Waals surface area (Å²) in [5.41, 5.74) is -7.00. The van der Waals surface area contributed by atoms with Crippen molar-refractivity contribution in [3.63, 3.8) is 0 Å². The van der Waals surface area contributed by atoms with Crippen LogP contribution in [0.4, 0.5) is 27.8 Å². The van der Waals surface area contributed by atoms with Gasteiger partial charge in [-0.05, 0) is 54.1 Å². The fourth-order valence-electron chi connectivity index (χ4n) is 2.88. The minimum absolute atomic E-state index is 0.165. The Balaban J connectivity index is 2.28. The zero-order valence-corrected chi connectivity index (χ0v) is 19.5. The van der Waals surface area contributed by atoms with Crippen molar-refractivity contribution in [2.45, 2.75) is 15.7 Å². The van der Waals surface area contributed by atoms with E-state index in [0.29, 0.717) is 24.4 Å². The van der Waals surface area contributed by atoms with E-state index in [1.807, 2.05) is 0 Å². The molecule has 0 saturated heterocycles. The summed E-state index contributed by atoms with van der Waals surface area (Å²) in [6.07, 6.45) is 0.673. The molecule has 3 aromatic rings. The van der Waals surface area contributed by atoms with Crippen LogP contribution in [-0.2, 0) is 19.9 Å². The first-order valence-corrected chi connectivity index (χ1v) is 12.6. The summed E-state index contributed by atoms with van der Waals surface area (Å²) in [6, 6.07) is 7.11. The third-order valence-corrected chi connectivity index (χ3v) is 8.12. The van der Waals surface area contributed by atoms with Crippen molar-refractivity contribution in [1.82, 2.24) is 4.98 Å². The molecular formula is C19H11Cl2F5N2O4S2. The van der Waals surface area contributed by atoms with E-state index in [1.54, 1.807) is 0 Å². The second-order valence-corrected chi connectivity index (χ2v) is 11.2. The second kappa shape index (κ2) is 9.29. The van der Waals surface area contributed by atoms with E-state index in [-0.39, 0.29) is 5.02 Å². The number of benzene rings is 2. The Kier molecular flexibility index (Phi) is 7.14. The second-order valence-electron chi connectivity index (χ2n) is 6.69. The molecule has 0 aliphatic carbocycles. The molecule has 182 valence electrons. The Labute approximate surface area is 200 Å². The highest BCUT2D eigenvalue weighted by Gasteiger charge is 2.46. The van der Waals surface area contributed by atoms with Crippen molar-refractivity contribution in [1.29, 1.82) is 0 Å². The van der Waals surface area contributed by atoms with Crippen LogP contribution in [0.5, 0.6) is 0 Å². The molecule has 1 aromatic heterocycles. The molecule has 1 unspecified atom stereocenters. The fraction of sp³-hybridized carbons (Fsp3) is 0.105. The Bertz CT molecular complexity index is 1450. The summed E-state index contributed by atoms with van der Waals surface area (Å²) in [5, 5.41) is -2.41. The number of hydrogen-bond acceptors (Lipinski definition) is 5. The van der Waals surface area contributed by atoms with Gasteiger partial charge in [-0.3, -0.25) is 4.72 Å². The van der Waals surface area contributed by atoms with Crippen LogP contribution in [0, 0.1) is 11.6 Å². The van der Waals surface area contributed by atoms with Gasteiger partial charge in [0, 0.05) is 16.8 Å². The van der Waals surface area contributed by atoms with Gasteiger partial charge in [0.05, 0.1) is 9.92 Å². The van der Waals surface area contributed by atoms with Gasteiger partial charge in [0.15, 0.2) is 9.84 Å². The van der Waals surface area contributed by atoms with E-state index < -0.39 is 69.1 Å². The van der Waals surface area contributed by atoms with Crippen molar-refractivity contribution in [3.8, 4) is 0 Å². The predicted octanol–water partition coefficient (Wildman–Crippen LogP) is 5.49. The third kappa shape index (κ3) is 5.27. The Morgan fingerprint density at radius 3 is 2.09 bits per heavy atom. The number of sulfonamides is 1. The van der Waals surface area contributed by atoms with Crippen LogP contribution in [0.1, 0.15) is 16.4 Å². The van der Waals surface area contributed by atoms with Gasteiger partial charge in [0.1, 0.15) is 22.7 Å². The molecular weight excluding hydrogens is 550 g/mol. The van der Waals surface area contributed by atoms with Crippen molar-refractivity contribution in [2.75, 3.05) is 4.72 Å². The summed E-state index contributed by atoms with van der Waals surface area (Å²) in [6.45, 7) is 0. The molecule has 15 heteroatoms. The zero-order valence-electron chi connectivity index (χ0n) is 16.3. The number of pyridine rings is 1. The van der Waals surface area contributed by atoms with Crippen LogP contribution in [0.25, 0.3) is 0 Å². The van der Waals surface area contributed by atoms with Gasteiger partial charge in [-0.15, -0.1) is 0 Å². The highest BCUT2D eigenvalue weighted by atomic mass is 35.5. The fourth-order valence-corrected chi connectivity index (χ4v) is 5.62. The average Bonchev–Trinajstić information content (AvgIpc) is 2.72. The van der Waals surface area contributed by atoms with Crippen LogP contribution in [0.2, 0.25) is 10.0 Å². The minimum atomic E-state index is -5.93. The molecule has 1 N–H and O–H groups in total. The molecule has 6 nitrogen and oxygen atoms in total. The summed E-state index contributed by atoms with van der Waals surface area (Å²) >= 11 is 11.8. The van der Waals surface area contributed by atoms with Crippen LogP contribution < -0.4 is 4.72 Å². The van der Waals surface area contributed by atoms with Gasteiger partial charge in [-0.25, -0.2) is 22.2 Å². The number of halogens is 7. The lowest BCUT2D eigenvalue weighted by atomic mass is 10.0. The number of hydrogen-bond donors (Lipinski definition) is 1. The molecule has 0 bridgehead atoms. The van der Waals surface area contributed by atoms with Crippen molar-refractivity contribution >= 4 is 48.9 Å². The SMILES string of the molecule is O=S(=O)(c1ccc(Cl)cc1)C(c1cc(F)ccc1F)c1cc(NS(=O)(=O)C(F)(F)F)ncc1Cl. The highest BCUT2D eigenvalue weighted by molar-refractivity contribution is 7.93. The number of rotatable bonds is 6. The minimum Gasteiger partial charge on any atom is -0.260 e. The van der Waals surface area contributed by atoms with Crippen LogP contribution >= 0.6 is 23.2 Å². The molecule has 0 saturated carbocycles. The Morgan fingerprint density at radius 2 is 1.50 bits per heavy atom. The zero-order chi connectivity index (χ0) is 25.5. The summed E-state index contributed by atoms with van der Waals surface area (Å²) in [7, 11) is -10.6. The van der Waals surface area contributed by atoms with Gasteiger partial charge in [-0.1, -0.05) is 23.2 Å². The number of anilines is 1. The molecule has 0 aliphatic rings. The normalized spacial score (nSPS) is 13.5. The van der Waals surface area contributed by atoms with Crippen LogP contribution in [0.3, 0.4) is 0 Å². The molecule has 34 heavy (non-hydrogen) atoms. The van der Waals surface area contributed by atoms with Crippen molar-refractivity contribution in [2.24, 2.45) is 0 Å². The quantitative estimate of drug-likeness (QED) is 0.402. The molecule has 3 rings (SSSR count). The number of nitrogens with zero attached hydrogens (tertiary/aromatic N) is 1. The summed E-state index contributed by atoms with van der Waals surface area (Å²) < 4.78 is 118. The monoisotopic (exact) mass is 560 g/mol. The first kappa shape index (κ1) is 26.1. The van der Waals surface area contributed by atoms with E-state index in [2.05, 4.69) is 4.98 Å². The average molecular weight is 561 g/mol. The van der Waals surface area contributed by atoms with E-state index in [1.165, 1.54) is 12.1 Å². The lowest BCUT2D eigenvalue weighted by Gasteiger charge is -2.21. The first-order chi connectivity index (χ1) is 15.6.